The summed E-state index contributed by atoms with van der Waals surface area (Å²) in [5.41, 5.74) is 5.71. The van der Waals surface area contributed by atoms with Gasteiger partial charge >= 0.3 is 6.03 Å². The second-order valence-corrected chi connectivity index (χ2v) is 6.79. The van der Waals surface area contributed by atoms with Crippen LogP contribution in [0.5, 0.6) is 0 Å². The van der Waals surface area contributed by atoms with Crippen LogP contribution >= 0.6 is 0 Å². The minimum Gasteiger partial charge on any atom is -0.301 e. The van der Waals surface area contributed by atoms with E-state index in [4.69, 9.17) is 0 Å². The van der Waals surface area contributed by atoms with Gasteiger partial charge in [-0.1, -0.05) is 25.3 Å². The molecule has 0 bridgehead atoms. The average Bonchev–Trinajstić information content (AvgIpc) is 2.71. The third-order valence-electron chi connectivity index (χ3n) is 5.02. The van der Waals surface area contributed by atoms with Crippen LogP contribution < -0.4 is 16.2 Å². The Morgan fingerprint density at radius 1 is 1.14 bits per heavy atom. The molecule has 0 radical (unpaired) electrons. The number of carbonyl (C=O) groups is 4. The van der Waals surface area contributed by atoms with E-state index in [1.165, 1.54) is 35.5 Å². The number of rotatable bonds is 5. The van der Waals surface area contributed by atoms with E-state index in [2.05, 4.69) is 21.2 Å². The van der Waals surface area contributed by atoms with Crippen LogP contribution in [0.2, 0.25) is 0 Å². The molecule has 9 heteroatoms. The summed E-state index contributed by atoms with van der Waals surface area (Å²) in [6.07, 6.45) is 8.92. The van der Waals surface area contributed by atoms with Crippen molar-refractivity contribution in [2.45, 2.75) is 45.1 Å². The number of nitrogens with zero attached hydrogens (tertiary/aromatic N) is 2. The van der Waals surface area contributed by atoms with Crippen molar-refractivity contribution in [3.63, 3.8) is 0 Å². The molecule has 5 amide bonds. The summed E-state index contributed by atoms with van der Waals surface area (Å²) in [7, 11) is 0. The van der Waals surface area contributed by atoms with Gasteiger partial charge in [0.05, 0.1) is 0 Å². The average molecular weight is 385 g/mol. The molecule has 1 atom stereocenters. The number of amides is 5. The largest absolute Gasteiger partial charge is 0.331 e. The maximum absolute atomic E-state index is 13.0. The van der Waals surface area contributed by atoms with Crippen molar-refractivity contribution in [3.8, 4) is 0 Å². The van der Waals surface area contributed by atoms with Crippen LogP contribution in [-0.4, -0.2) is 39.7 Å². The maximum Gasteiger partial charge on any atom is 0.331 e. The highest BCUT2D eigenvalue weighted by Gasteiger charge is 2.45. The van der Waals surface area contributed by atoms with Crippen LogP contribution in [0.3, 0.4) is 0 Å². The third kappa shape index (κ3) is 4.03. The monoisotopic (exact) mass is 385 g/mol. The van der Waals surface area contributed by atoms with Crippen LogP contribution in [0, 0.1) is 5.92 Å². The lowest BCUT2D eigenvalue weighted by atomic mass is 9.91. The van der Waals surface area contributed by atoms with Crippen molar-refractivity contribution >= 4 is 23.8 Å². The van der Waals surface area contributed by atoms with Crippen molar-refractivity contribution in [2.24, 2.45) is 5.92 Å². The van der Waals surface area contributed by atoms with Gasteiger partial charge in [-0.25, -0.2) is 4.79 Å². The van der Waals surface area contributed by atoms with Crippen molar-refractivity contribution in [1.29, 1.82) is 0 Å². The molecule has 1 saturated carbocycles. The molecule has 0 unspecified atom stereocenters. The van der Waals surface area contributed by atoms with E-state index in [0.29, 0.717) is 5.56 Å². The molecule has 0 spiro atoms. The van der Waals surface area contributed by atoms with Crippen molar-refractivity contribution in [2.75, 3.05) is 0 Å². The van der Waals surface area contributed by atoms with Crippen LogP contribution in [-0.2, 0) is 9.59 Å². The topological polar surface area (TPSA) is 120 Å². The maximum atomic E-state index is 13.0. The zero-order valence-corrected chi connectivity index (χ0v) is 15.6. The molecule has 2 heterocycles. The Balaban J connectivity index is 1.73. The summed E-state index contributed by atoms with van der Waals surface area (Å²) in [5.74, 6) is -2.94. The molecule has 1 aliphatic heterocycles. The fourth-order valence-corrected chi connectivity index (χ4v) is 3.56. The summed E-state index contributed by atoms with van der Waals surface area (Å²) in [6.45, 7) is 1.64. The number of imide groups is 2. The summed E-state index contributed by atoms with van der Waals surface area (Å²) >= 11 is 0. The van der Waals surface area contributed by atoms with E-state index in [-0.39, 0.29) is 11.7 Å². The van der Waals surface area contributed by atoms with Crippen molar-refractivity contribution in [3.05, 3.63) is 41.9 Å². The first-order valence-electron chi connectivity index (χ1n) is 9.33. The van der Waals surface area contributed by atoms with Gasteiger partial charge in [0.2, 0.25) is 11.8 Å². The van der Waals surface area contributed by atoms with Gasteiger partial charge in [-0.2, -0.15) is 0 Å². The standard InChI is InChI=1S/C19H23N5O4/c1-2-14(22-23-16(25)12-8-10-20-11-9-12)15-17(26)21-19(28)24(18(15)27)13-6-4-3-5-7-13/h2,8-11,13,15,22H,3-7H2,1H3,(H,23,25)(H,21,26,28)/b14-2+/t15-/m0/s1. The summed E-state index contributed by atoms with van der Waals surface area (Å²) in [5, 5.41) is 2.27. The predicted octanol–water partition coefficient (Wildman–Crippen LogP) is 1.25. The number of aromatic nitrogens is 1. The molecule has 1 aromatic heterocycles. The lowest BCUT2D eigenvalue weighted by molar-refractivity contribution is -0.143. The fraction of sp³-hybridized carbons (Fsp3) is 0.421. The van der Waals surface area contributed by atoms with Gasteiger partial charge in [0.25, 0.3) is 5.91 Å². The normalized spacial score (nSPS) is 21.3. The molecule has 0 aromatic carbocycles. The summed E-state index contributed by atoms with van der Waals surface area (Å²) in [6, 6.07) is 2.19. The first-order valence-corrected chi connectivity index (χ1v) is 9.33. The van der Waals surface area contributed by atoms with Gasteiger partial charge in [-0.3, -0.25) is 35.0 Å². The van der Waals surface area contributed by atoms with Gasteiger partial charge < -0.3 is 5.43 Å². The Morgan fingerprint density at radius 3 is 2.46 bits per heavy atom. The molecule has 28 heavy (non-hydrogen) atoms. The second kappa shape index (κ2) is 8.64. The highest BCUT2D eigenvalue weighted by Crippen LogP contribution is 2.27. The second-order valence-electron chi connectivity index (χ2n) is 6.79. The smallest absolute Gasteiger partial charge is 0.301 e. The molecule has 2 aliphatic rings. The van der Waals surface area contributed by atoms with Gasteiger partial charge in [0, 0.05) is 29.7 Å². The lowest BCUT2D eigenvalue weighted by Crippen LogP contribution is -2.62. The van der Waals surface area contributed by atoms with Crippen molar-refractivity contribution < 1.29 is 19.2 Å². The van der Waals surface area contributed by atoms with Gasteiger partial charge in [-0.15, -0.1) is 0 Å². The third-order valence-corrected chi connectivity index (χ3v) is 5.02. The van der Waals surface area contributed by atoms with Gasteiger partial charge in [0.1, 0.15) is 0 Å². The van der Waals surface area contributed by atoms with Gasteiger partial charge in [-0.05, 0) is 31.9 Å². The molecule has 1 aliphatic carbocycles. The van der Waals surface area contributed by atoms with E-state index in [1.807, 2.05) is 0 Å². The van der Waals surface area contributed by atoms with E-state index in [1.54, 1.807) is 6.92 Å². The van der Waals surface area contributed by atoms with Crippen LogP contribution in [0.4, 0.5) is 4.79 Å². The SMILES string of the molecule is C/C=C(/NNC(=O)c1ccncc1)[C@H]1C(=O)NC(=O)N(C2CCCCC2)C1=O. The van der Waals surface area contributed by atoms with E-state index in [0.717, 1.165) is 32.1 Å². The number of hydrogen-bond acceptors (Lipinski definition) is 6. The fourth-order valence-electron chi connectivity index (χ4n) is 3.56. The molecular formula is C19H23N5O4. The number of barbiturate groups is 1. The Hall–Kier alpha value is -3.23. The number of hydrogen-bond donors (Lipinski definition) is 3. The quantitative estimate of drug-likeness (QED) is 0.518. The summed E-state index contributed by atoms with van der Waals surface area (Å²) < 4.78 is 0. The van der Waals surface area contributed by atoms with Crippen molar-refractivity contribution in [1.82, 2.24) is 26.1 Å². The predicted molar refractivity (Wildman–Crippen MR) is 99.3 cm³/mol. The van der Waals surface area contributed by atoms with E-state index in [9.17, 15) is 19.2 Å². The first-order chi connectivity index (χ1) is 13.5. The van der Waals surface area contributed by atoms with Crippen LogP contribution in [0.25, 0.3) is 0 Å². The molecule has 2 fully saturated rings. The molecular weight excluding hydrogens is 362 g/mol. The van der Waals surface area contributed by atoms with Crippen LogP contribution in [0.1, 0.15) is 49.4 Å². The van der Waals surface area contributed by atoms with Crippen LogP contribution in [0.15, 0.2) is 36.3 Å². The zero-order chi connectivity index (χ0) is 20.1. The minimum atomic E-state index is -1.22. The Morgan fingerprint density at radius 2 is 1.82 bits per heavy atom. The van der Waals surface area contributed by atoms with E-state index >= 15 is 0 Å². The highest BCUT2D eigenvalue weighted by molar-refractivity contribution is 6.17. The number of carbonyl (C=O) groups excluding carboxylic acids is 4. The molecule has 1 saturated heterocycles. The molecule has 9 nitrogen and oxygen atoms in total. The number of allylic oxidation sites excluding steroid dienone is 1. The summed E-state index contributed by atoms with van der Waals surface area (Å²) in [4.78, 5) is 54.9. The Labute approximate surface area is 162 Å². The van der Waals surface area contributed by atoms with E-state index < -0.39 is 29.7 Å². The number of hydrazine groups is 1. The number of urea groups is 1. The number of pyridine rings is 1. The number of nitrogens with one attached hydrogen (secondary N) is 3. The lowest BCUT2D eigenvalue weighted by Gasteiger charge is -2.38. The molecule has 3 rings (SSSR count). The molecule has 3 N–H and O–H groups in total. The minimum absolute atomic E-state index is 0.207. The first kappa shape index (κ1) is 19.5. The highest BCUT2D eigenvalue weighted by atomic mass is 16.2. The Kier molecular flexibility index (Phi) is 6.03. The zero-order valence-electron chi connectivity index (χ0n) is 15.6. The Bertz CT molecular complexity index is 802. The molecule has 1 aromatic rings. The van der Waals surface area contributed by atoms with Gasteiger partial charge in [0.15, 0.2) is 5.92 Å². The molecule has 148 valence electrons.